The van der Waals surface area contributed by atoms with Gasteiger partial charge in [0.25, 0.3) is 0 Å². The summed E-state index contributed by atoms with van der Waals surface area (Å²) in [5.74, 6) is 0.616. The molecule has 2 fully saturated rings. The molecule has 148 valence electrons. The maximum Gasteiger partial charge on any atom is 0.307 e. The van der Waals surface area contributed by atoms with Crippen LogP contribution in [0.4, 0.5) is 0 Å². The van der Waals surface area contributed by atoms with Crippen molar-refractivity contribution in [2.45, 2.75) is 55.5 Å². The van der Waals surface area contributed by atoms with Gasteiger partial charge in [-0.15, -0.1) is 11.8 Å². The lowest BCUT2D eigenvalue weighted by atomic mass is 9.65. The standard InChI is InChI=1S/C21H30N2O3S/c1-26-19(24)12-18(13-6-8-17(27-2)9-7-13)23-21(25)16-10-14-4-3-5-15(11-16)20(14)22/h6-9,14-16,18,20H,3-5,10-12,22H2,1-2H3,(H,23,25). The topological polar surface area (TPSA) is 81.4 Å². The second kappa shape index (κ2) is 9.11. The van der Waals surface area contributed by atoms with Gasteiger partial charge in [0.1, 0.15) is 0 Å². The monoisotopic (exact) mass is 390 g/mol. The predicted octanol–water partition coefficient (Wildman–Crippen LogP) is 3.28. The van der Waals surface area contributed by atoms with Crippen LogP contribution in [0.5, 0.6) is 0 Å². The normalized spacial score (nSPS) is 28.3. The third-order valence-electron chi connectivity index (χ3n) is 6.22. The van der Waals surface area contributed by atoms with Crippen LogP contribution < -0.4 is 11.1 Å². The molecule has 1 amide bonds. The van der Waals surface area contributed by atoms with E-state index in [-0.39, 0.29) is 36.3 Å². The summed E-state index contributed by atoms with van der Waals surface area (Å²) in [5, 5.41) is 3.12. The van der Waals surface area contributed by atoms with Gasteiger partial charge in [0.15, 0.2) is 0 Å². The summed E-state index contributed by atoms with van der Waals surface area (Å²) in [6.45, 7) is 0. The minimum absolute atomic E-state index is 0.00859. The molecule has 0 aromatic heterocycles. The number of hydrogen-bond acceptors (Lipinski definition) is 5. The Morgan fingerprint density at radius 3 is 2.41 bits per heavy atom. The quantitative estimate of drug-likeness (QED) is 0.575. The zero-order valence-electron chi connectivity index (χ0n) is 16.1. The summed E-state index contributed by atoms with van der Waals surface area (Å²) in [6.07, 6.45) is 7.36. The number of amides is 1. The Bertz CT molecular complexity index is 650. The van der Waals surface area contributed by atoms with Crippen LogP contribution in [0.15, 0.2) is 29.2 Å². The molecule has 3 N–H and O–H groups in total. The van der Waals surface area contributed by atoms with E-state index < -0.39 is 0 Å². The van der Waals surface area contributed by atoms with Crippen LogP contribution in [-0.2, 0) is 14.3 Å². The minimum atomic E-state index is -0.365. The number of fused-ring (bicyclic) bond motifs is 2. The van der Waals surface area contributed by atoms with E-state index in [2.05, 4.69) is 5.32 Å². The Morgan fingerprint density at radius 1 is 1.22 bits per heavy atom. The van der Waals surface area contributed by atoms with Crippen molar-refractivity contribution >= 4 is 23.6 Å². The number of esters is 1. The van der Waals surface area contributed by atoms with Crippen molar-refractivity contribution < 1.29 is 14.3 Å². The zero-order valence-corrected chi connectivity index (χ0v) is 17.0. The molecule has 5 nitrogen and oxygen atoms in total. The maximum atomic E-state index is 13.0. The van der Waals surface area contributed by atoms with Gasteiger partial charge in [-0.25, -0.2) is 0 Å². The molecule has 27 heavy (non-hydrogen) atoms. The maximum absolute atomic E-state index is 13.0. The van der Waals surface area contributed by atoms with Gasteiger partial charge in [0.2, 0.25) is 5.91 Å². The van der Waals surface area contributed by atoms with Crippen LogP contribution >= 0.6 is 11.8 Å². The van der Waals surface area contributed by atoms with Gasteiger partial charge in [-0.2, -0.15) is 0 Å². The smallest absolute Gasteiger partial charge is 0.307 e. The highest BCUT2D eigenvalue weighted by molar-refractivity contribution is 7.98. The molecular weight excluding hydrogens is 360 g/mol. The summed E-state index contributed by atoms with van der Waals surface area (Å²) in [4.78, 5) is 26.0. The average Bonchev–Trinajstić information content (AvgIpc) is 2.67. The van der Waals surface area contributed by atoms with Crippen molar-refractivity contribution in [3.8, 4) is 0 Å². The zero-order chi connectivity index (χ0) is 19.4. The average molecular weight is 391 g/mol. The van der Waals surface area contributed by atoms with Gasteiger partial charge in [0.05, 0.1) is 19.6 Å². The Labute approximate surface area is 165 Å². The van der Waals surface area contributed by atoms with E-state index >= 15 is 0 Å². The molecule has 2 bridgehead atoms. The fourth-order valence-electron chi connectivity index (χ4n) is 4.63. The lowest BCUT2D eigenvalue weighted by molar-refractivity contribution is -0.141. The third kappa shape index (κ3) is 4.85. The van der Waals surface area contributed by atoms with Crippen LogP contribution in [0.3, 0.4) is 0 Å². The van der Waals surface area contributed by atoms with Crippen LogP contribution in [0.1, 0.15) is 50.1 Å². The van der Waals surface area contributed by atoms with Gasteiger partial charge in [0, 0.05) is 16.9 Å². The van der Waals surface area contributed by atoms with Crippen molar-refractivity contribution in [1.29, 1.82) is 0 Å². The highest BCUT2D eigenvalue weighted by Gasteiger charge is 2.40. The molecule has 2 aliphatic rings. The number of carbonyl (C=O) groups excluding carboxylic acids is 2. The van der Waals surface area contributed by atoms with Crippen molar-refractivity contribution in [3.63, 3.8) is 0 Å². The second-order valence-electron chi connectivity index (χ2n) is 7.81. The number of ether oxygens (including phenoxy) is 1. The fraction of sp³-hybridized carbons (Fsp3) is 0.619. The van der Waals surface area contributed by atoms with Gasteiger partial charge in [-0.1, -0.05) is 18.6 Å². The van der Waals surface area contributed by atoms with Gasteiger partial charge >= 0.3 is 5.97 Å². The molecule has 6 heteroatoms. The molecule has 1 aromatic carbocycles. The Kier molecular flexibility index (Phi) is 6.82. The van der Waals surface area contributed by atoms with E-state index in [4.69, 9.17) is 10.5 Å². The number of hydrogen-bond donors (Lipinski definition) is 2. The van der Waals surface area contributed by atoms with Crippen molar-refractivity contribution in [2.24, 2.45) is 23.5 Å². The molecule has 3 atom stereocenters. The third-order valence-corrected chi connectivity index (χ3v) is 6.96. The molecule has 0 spiro atoms. The van der Waals surface area contributed by atoms with E-state index in [0.717, 1.165) is 36.1 Å². The van der Waals surface area contributed by atoms with Crippen molar-refractivity contribution in [3.05, 3.63) is 29.8 Å². The number of thioether (sulfide) groups is 1. The first-order valence-corrected chi connectivity index (χ1v) is 11.0. The summed E-state index contributed by atoms with van der Waals surface area (Å²) < 4.78 is 4.84. The molecule has 3 rings (SSSR count). The first kappa shape index (κ1) is 20.2. The Morgan fingerprint density at radius 2 is 1.85 bits per heavy atom. The van der Waals surface area contributed by atoms with E-state index in [1.54, 1.807) is 11.8 Å². The van der Waals surface area contributed by atoms with E-state index in [9.17, 15) is 9.59 Å². The lowest BCUT2D eigenvalue weighted by Gasteiger charge is -2.43. The van der Waals surface area contributed by atoms with E-state index in [1.165, 1.54) is 13.5 Å². The second-order valence-corrected chi connectivity index (χ2v) is 8.69. The van der Waals surface area contributed by atoms with Crippen LogP contribution in [0.2, 0.25) is 0 Å². The van der Waals surface area contributed by atoms with E-state index in [1.807, 2.05) is 30.5 Å². The Hall–Kier alpha value is -1.53. The first-order chi connectivity index (χ1) is 13.0. The molecule has 2 aliphatic carbocycles. The molecule has 0 aliphatic heterocycles. The highest BCUT2D eigenvalue weighted by Crippen LogP contribution is 2.42. The number of benzene rings is 1. The lowest BCUT2D eigenvalue weighted by Crippen LogP contribution is -2.49. The predicted molar refractivity (Wildman–Crippen MR) is 107 cm³/mol. The first-order valence-electron chi connectivity index (χ1n) is 9.78. The molecule has 0 saturated heterocycles. The summed E-state index contributed by atoms with van der Waals surface area (Å²) >= 11 is 1.66. The molecular formula is C21H30N2O3S. The fourth-order valence-corrected chi connectivity index (χ4v) is 5.04. The Balaban J connectivity index is 1.70. The van der Waals surface area contributed by atoms with Crippen LogP contribution in [-0.4, -0.2) is 31.3 Å². The number of nitrogens with one attached hydrogen (secondary N) is 1. The number of rotatable bonds is 6. The highest BCUT2D eigenvalue weighted by atomic mass is 32.2. The number of nitrogens with two attached hydrogens (primary N) is 1. The minimum Gasteiger partial charge on any atom is -0.469 e. The molecule has 0 heterocycles. The van der Waals surface area contributed by atoms with E-state index in [0.29, 0.717) is 11.8 Å². The summed E-state index contributed by atoms with van der Waals surface area (Å²) in [5.41, 5.74) is 7.29. The summed E-state index contributed by atoms with van der Waals surface area (Å²) in [7, 11) is 1.38. The molecule has 1 aromatic rings. The van der Waals surface area contributed by atoms with Crippen molar-refractivity contribution in [1.82, 2.24) is 5.32 Å². The van der Waals surface area contributed by atoms with Gasteiger partial charge < -0.3 is 15.8 Å². The SMILES string of the molecule is COC(=O)CC(NC(=O)C1CC2CCCC(C1)C2N)c1ccc(SC)cc1. The number of methoxy groups -OCH3 is 1. The molecule has 0 radical (unpaired) electrons. The van der Waals surface area contributed by atoms with Crippen LogP contribution in [0, 0.1) is 17.8 Å². The van der Waals surface area contributed by atoms with Gasteiger partial charge in [-0.05, 0) is 61.5 Å². The molecule has 2 saturated carbocycles. The summed E-state index contributed by atoms with van der Waals surface area (Å²) in [6, 6.07) is 7.86. The molecule has 3 unspecified atom stereocenters. The van der Waals surface area contributed by atoms with Crippen LogP contribution in [0.25, 0.3) is 0 Å². The van der Waals surface area contributed by atoms with Crippen molar-refractivity contribution in [2.75, 3.05) is 13.4 Å². The van der Waals surface area contributed by atoms with Gasteiger partial charge in [-0.3, -0.25) is 9.59 Å². The largest absolute Gasteiger partial charge is 0.469 e. The number of carbonyl (C=O) groups is 2.